The topological polar surface area (TPSA) is 67.3 Å². The third-order valence-electron chi connectivity index (χ3n) is 3.22. The summed E-state index contributed by atoms with van der Waals surface area (Å²) in [7, 11) is 3.68. The minimum Gasteiger partial charge on any atom is -0.497 e. The summed E-state index contributed by atoms with van der Waals surface area (Å²) in [4.78, 5) is 14.7. The molecule has 0 saturated carbocycles. The number of nitrogens with zero attached hydrogens (tertiary/aromatic N) is 3. The maximum absolute atomic E-state index is 11.9. The zero-order chi connectivity index (χ0) is 15.9. The Bertz CT molecular complexity index is 630. The first kappa shape index (κ1) is 16.4. The maximum atomic E-state index is 11.9. The molecule has 7 heteroatoms. The van der Waals surface area contributed by atoms with Gasteiger partial charge in [-0.25, -0.2) is 0 Å². The van der Waals surface area contributed by atoms with Crippen LogP contribution in [-0.2, 0) is 6.54 Å². The number of hydrogen-bond acceptors (Lipinski definition) is 6. The summed E-state index contributed by atoms with van der Waals surface area (Å²) in [6.07, 6.45) is 0. The zero-order valence-electron chi connectivity index (χ0n) is 13.0. The summed E-state index contributed by atoms with van der Waals surface area (Å²) < 4.78 is 8.98. The van der Waals surface area contributed by atoms with Crippen LogP contribution in [0.5, 0.6) is 5.75 Å². The maximum Gasteiger partial charge on any atom is 0.264 e. The number of hydrogen-bond donors (Lipinski definition) is 1. The van der Waals surface area contributed by atoms with Crippen molar-refractivity contribution < 1.29 is 9.53 Å². The van der Waals surface area contributed by atoms with Crippen molar-refractivity contribution in [1.29, 1.82) is 0 Å². The first-order valence-corrected chi connectivity index (χ1v) is 7.76. The fraction of sp³-hybridized carbons (Fsp3) is 0.400. The lowest BCUT2D eigenvalue weighted by atomic mass is 10.2. The second-order valence-corrected chi connectivity index (χ2v) is 5.79. The van der Waals surface area contributed by atoms with Gasteiger partial charge in [0, 0.05) is 19.6 Å². The number of ether oxygens (including phenoxy) is 1. The normalized spacial score (nSPS) is 10.7. The molecule has 0 unspecified atom stereocenters. The van der Waals surface area contributed by atoms with E-state index >= 15 is 0 Å². The van der Waals surface area contributed by atoms with Crippen molar-refractivity contribution in [1.82, 2.24) is 19.8 Å². The van der Waals surface area contributed by atoms with Crippen LogP contribution in [0.4, 0.5) is 0 Å². The van der Waals surface area contributed by atoms with Crippen LogP contribution in [-0.4, -0.2) is 47.6 Å². The van der Waals surface area contributed by atoms with Crippen LogP contribution in [0.1, 0.15) is 20.9 Å². The Morgan fingerprint density at radius 1 is 1.45 bits per heavy atom. The molecule has 118 valence electrons. The van der Waals surface area contributed by atoms with E-state index in [0.717, 1.165) is 30.4 Å². The second kappa shape index (κ2) is 7.86. The Hall–Kier alpha value is -1.99. The van der Waals surface area contributed by atoms with Crippen molar-refractivity contribution in [3.63, 3.8) is 0 Å². The van der Waals surface area contributed by atoms with Crippen molar-refractivity contribution >= 4 is 17.4 Å². The van der Waals surface area contributed by atoms with E-state index in [-0.39, 0.29) is 5.91 Å². The van der Waals surface area contributed by atoms with Gasteiger partial charge in [0.05, 0.1) is 12.8 Å². The van der Waals surface area contributed by atoms with Gasteiger partial charge in [-0.05, 0) is 43.2 Å². The van der Waals surface area contributed by atoms with Crippen molar-refractivity contribution in [2.24, 2.45) is 0 Å². The first-order chi connectivity index (χ1) is 10.6. The quantitative estimate of drug-likeness (QED) is 0.841. The number of rotatable bonds is 7. The summed E-state index contributed by atoms with van der Waals surface area (Å²) in [5, 5.41) is 6.73. The molecular weight excluding hydrogens is 300 g/mol. The summed E-state index contributed by atoms with van der Waals surface area (Å²) in [6.45, 7) is 3.92. The van der Waals surface area contributed by atoms with E-state index in [4.69, 9.17) is 4.74 Å². The number of aryl methyl sites for hydroxylation is 1. The van der Waals surface area contributed by atoms with Gasteiger partial charge in [0.1, 0.15) is 10.6 Å². The monoisotopic (exact) mass is 320 g/mol. The van der Waals surface area contributed by atoms with E-state index in [0.29, 0.717) is 17.1 Å². The SMILES string of the molecule is COc1cccc(CN(C)CCNC(=O)c2snnc2C)c1. The molecule has 1 amide bonds. The predicted molar refractivity (Wildman–Crippen MR) is 86.3 cm³/mol. The second-order valence-electron chi connectivity index (χ2n) is 5.03. The highest BCUT2D eigenvalue weighted by Crippen LogP contribution is 2.13. The van der Waals surface area contributed by atoms with Gasteiger partial charge in [-0.1, -0.05) is 16.6 Å². The molecule has 0 saturated heterocycles. The van der Waals surface area contributed by atoms with Gasteiger partial charge in [-0.2, -0.15) is 0 Å². The number of nitrogens with one attached hydrogen (secondary N) is 1. The summed E-state index contributed by atoms with van der Waals surface area (Å²) in [5.74, 6) is 0.745. The minimum absolute atomic E-state index is 0.109. The Morgan fingerprint density at radius 3 is 2.95 bits per heavy atom. The van der Waals surface area contributed by atoms with Gasteiger partial charge in [0.25, 0.3) is 5.91 Å². The molecule has 0 aliphatic heterocycles. The van der Waals surface area contributed by atoms with Crippen molar-refractivity contribution in [3.05, 3.63) is 40.4 Å². The Morgan fingerprint density at radius 2 is 2.27 bits per heavy atom. The van der Waals surface area contributed by atoms with E-state index in [2.05, 4.69) is 25.9 Å². The number of carbonyl (C=O) groups is 1. The third kappa shape index (κ3) is 4.51. The molecule has 0 radical (unpaired) electrons. The Kier molecular flexibility index (Phi) is 5.85. The van der Waals surface area contributed by atoms with Gasteiger partial charge in [-0.15, -0.1) is 5.10 Å². The predicted octanol–water partition coefficient (Wildman–Crippen LogP) is 1.72. The lowest BCUT2D eigenvalue weighted by molar-refractivity contribution is 0.0953. The van der Waals surface area contributed by atoms with Crippen molar-refractivity contribution in [3.8, 4) is 5.75 Å². The molecule has 1 aromatic heterocycles. The molecule has 1 N–H and O–H groups in total. The average molecular weight is 320 g/mol. The van der Waals surface area contributed by atoms with E-state index in [1.54, 1.807) is 14.0 Å². The number of benzene rings is 1. The molecule has 0 bridgehead atoms. The molecule has 6 nitrogen and oxygen atoms in total. The molecule has 22 heavy (non-hydrogen) atoms. The lowest BCUT2D eigenvalue weighted by Crippen LogP contribution is -2.32. The molecule has 2 rings (SSSR count). The highest BCUT2D eigenvalue weighted by Gasteiger charge is 2.12. The zero-order valence-corrected chi connectivity index (χ0v) is 13.8. The summed E-state index contributed by atoms with van der Waals surface area (Å²) in [5.41, 5.74) is 1.85. The van der Waals surface area contributed by atoms with Crippen molar-refractivity contribution in [2.45, 2.75) is 13.5 Å². The van der Waals surface area contributed by atoms with Crippen LogP contribution >= 0.6 is 11.5 Å². The highest BCUT2D eigenvalue weighted by atomic mass is 32.1. The third-order valence-corrected chi connectivity index (χ3v) is 4.05. The fourth-order valence-corrected chi connectivity index (χ4v) is 2.61. The van der Waals surface area contributed by atoms with Gasteiger partial charge in [-0.3, -0.25) is 4.79 Å². The van der Waals surface area contributed by atoms with E-state index in [1.165, 1.54) is 5.56 Å². The first-order valence-electron chi connectivity index (χ1n) is 6.98. The molecule has 0 atom stereocenters. The Balaban J connectivity index is 1.77. The number of amides is 1. The van der Waals surface area contributed by atoms with E-state index < -0.39 is 0 Å². The molecule has 0 aliphatic carbocycles. The molecule has 0 spiro atoms. The number of likely N-dealkylation sites (N-methyl/N-ethyl adjacent to an activating group) is 1. The number of carbonyl (C=O) groups excluding carboxylic acids is 1. The highest BCUT2D eigenvalue weighted by molar-refractivity contribution is 7.07. The molecule has 1 aromatic carbocycles. The van der Waals surface area contributed by atoms with E-state index in [9.17, 15) is 4.79 Å². The minimum atomic E-state index is -0.109. The van der Waals surface area contributed by atoms with Crippen LogP contribution in [0, 0.1) is 6.92 Å². The molecule has 0 aliphatic rings. The van der Waals surface area contributed by atoms with Crippen LogP contribution in [0.3, 0.4) is 0 Å². The largest absolute Gasteiger partial charge is 0.497 e. The number of methoxy groups -OCH3 is 1. The van der Waals surface area contributed by atoms with Crippen LogP contribution in [0.25, 0.3) is 0 Å². The molecular formula is C15H20N4O2S. The smallest absolute Gasteiger partial charge is 0.264 e. The van der Waals surface area contributed by atoms with Crippen LogP contribution < -0.4 is 10.1 Å². The fourth-order valence-electron chi connectivity index (χ4n) is 2.04. The van der Waals surface area contributed by atoms with Crippen LogP contribution in [0.2, 0.25) is 0 Å². The number of aromatic nitrogens is 2. The van der Waals surface area contributed by atoms with Gasteiger partial charge < -0.3 is 15.0 Å². The lowest BCUT2D eigenvalue weighted by Gasteiger charge is -2.17. The summed E-state index contributed by atoms with van der Waals surface area (Å²) in [6, 6.07) is 7.98. The van der Waals surface area contributed by atoms with Gasteiger partial charge in [0.2, 0.25) is 0 Å². The molecule has 0 fully saturated rings. The Labute approximate surface area is 134 Å². The van der Waals surface area contributed by atoms with Gasteiger partial charge in [0.15, 0.2) is 0 Å². The molecule has 2 aromatic rings. The summed E-state index contributed by atoms with van der Waals surface area (Å²) >= 11 is 1.12. The standard InChI is InChI=1S/C15H20N4O2S/c1-11-14(22-18-17-11)15(20)16-7-8-19(2)10-12-5-4-6-13(9-12)21-3/h4-6,9H,7-8,10H2,1-3H3,(H,16,20). The molecule has 1 heterocycles. The van der Waals surface area contributed by atoms with Crippen molar-refractivity contribution in [2.75, 3.05) is 27.2 Å². The van der Waals surface area contributed by atoms with E-state index in [1.807, 2.05) is 25.2 Å². The van der Waals surface area contributed by atoms with Gasteiger partial charge >= 0.3 is 0 Å². The average Bonchev–Trinajstić information content (AvgIpc) is 2.93. The van der Waals surface area contributed by atoms with Crippen LogP contribution in [0.15, 0.2) is 24.3 Å².